The van der Waals surface area contributed by atoms with Crippen molar-refractivity contribution in [2.75, 3.05) is 47.5 Å². The van der Waals surface area contributed by atoms with E-state index >= 15 is 0 Å². The number of likely N-dealkylation sites (N-methyl/N-ethyl adjacent to an activating group) is 1. The van der Waals surface area contributed by atoms with Gasteiger partial charge in [0.25, 0.3) is 0 Å². The third-order valence-electron chi connectivity index (χ3n) is 7.98. The number of phosphoric acid groups is 1. The second-order valence-electron chi connectivity index (χ2n) is 14.1. The minimum Gasteiger partial charge on any atom is -0.463 e. The van der Waals surface area contributed by atoms with Crippen molar-refractivity contribution in [2.45, 2.75) is 141 Å². The summed E-state index contributed by atoms with van der Waals surface area (Å²) in [6, 6.07) is 0. The highest BCUT2D eigenvalue weighted by atomic mass is 31.2. The van der Waals surface area contributed by atoms with Crippen molar-refractivity contribution in [3.8, 4) is 0 Å². The first-order valence-electron chi connectivity index (χ1n) is 19.7. The fourth-order valence-corrected chi connectivity index (χ4v) is 5.64. The van der Waals surface area contributed by atoms with Gasteiger partial charge in [0.15, 0.2) is 0 Å². The number of allylic oxidation sites excluding steroid dienone is 12. The molecule has 0 aliphatic rings. The molecule has 0 bridgehead atoms. The monoisotopic (exact) mass is 737 g/mol. The maximum atomic E-state index is 11.9. The van der Waals surface area contributed by atoms with E-state index in [9.17, 15) is 19.4 Å². The molecule has 8 nitrogen and oxygen atoms in total. The van der Waals surface area contributed by atoms with E-state index in [-0.39, 0.29) is 19.2 Å². The number of aliphatic hydroxyl groups is 1. The molecule has 9 heteroatoms. The number of hydrogen-bond acceptors (Lipinski definition) is 6. The Hall–Kier alpha value is -2.06. The van der Waals surface area contributed by atoms with Crippen molar-refractivity contribution in [2.24, 2.45) is 0 Å². The predicted octanol–water partition coefficient (Wildman–Crippen LogP) is 10.9. The van der Waals surface area contributed by atoms with Gasteiger partial charge in [0, 0.05) is 6.42 Å². The zero-order valence-electron chi connectivity index (χ0n) is 32.8. The van der Waals surface area contributed by atoms with E-state index in [1.165, 1.54) is 64.2 Å². The van der Waals surface area contributed by atoms with Gasteiger partial charge in [-0.2, -0.15) is 0 Å². The predicted molar refractivity (Wildman–Crippen MR) is 214 cm³/mol. The van der Waals surface area contributed by atoms with E-state index in [2.05, 4.69) is 79.8 Å². The molecule has 0 rings (SSSR count). The summed E-state index contributed by atoms with van der Waals surface area (Å²) in [5.74, 6) is -0.377. The number of unbranched alkanes of at least 4 members (excludes halogenated alkanes) is 12. The Labute approximate surface area is 312 Å². The Balaban J connectivity index is 3.50. The highest BCUT2D eigenvalue weighted by molar-refractivity contribution is 7.47. The highest BCUT2D eigenvalue weighted by Crippen LogP contribution is 2.43. The molecule has 0 aromatic carbocycles. The molecule has 2 atom stereocenters. The topological polar surface area (TPSA) is 102 Å². The minimum atomic E-state index is -4.25. The third kappa shape index (κ3) is 40.6. The second-order valence-corrected chi connectivity index (χ2v) is 15.6. The van der Waals surface area contributed by atoms with Gasteiger partial charge in [0.1, 0.15) is 25.9 Å². The lowest BCUT2D eigenvalue weighted by Gasteiger charge is -2.24. The average Bonchev–Trinajstić information content (AvgIpc) is 3.08. The molecule has 0 aliphatic heterocycles. The summed E-state index contributed by atoms with van der Waals surface area (Å²) in [7, 11) is 1.55. The van der Waals surface area contributed by atoms with Crippen molar-refractivity contribution in [1.82, 2.24) is 0 Å². The molecule has 0 spiro atoms. The molecule has 0 fully saturated rings. The molecule has 0 saturated heterocycles. The Morgan fingerprint density at radius 3 is 1.47 bits per heavy atom. The fraction of sp³-hybridized carbons (Fsp3) is 0.690. The Morgan fingerprint density at radius 2 is 1.02 bits per heavy atom. The molecule has 2 N–H and O–H groups in total. The standard InChI is InChI=1S/C42H74NO7P/c1-5-6-7-8-9-10-11-12-13-14-15-16-17-18-19-20-21-22-23-24-25-26-27-28-29-30-31-32-33-34-35-36-42(45)48-39-41(44)40-50-51(46,47)49-38-37-43(2,3)4/h6-7,9-10,12-13,15-16,18-19,21-22,41,44H,5,8,11,14,17,20,23-40H2,1-4H3/p+1/b7-6-,10-9-,13-12-,16-15-,19-18-,22-21-. The van der Waals surface area contributed by atoms with Gasteiger partial charge in [0.2, 0.25) is 0 Å². The van der Waals surface area contributed by atoms with Gasteiger partial charge in [0.05, 0.1) is 27.7 Å². The summed E-state index contributed by atoms with van der Waals surface area (Å²) < 4.78 is 27.2. The van der Waals surface area contributed by atoms with E-state index in [0.717, 1.165) is 57.8 Å². The van der Waals surface area contributed by atoms with Crippen molar-refractivity contribution < 1.29 is 37.6 Å². The van der Waals surface area contributed by atoms with Gasteiger partial charge in [-0.25, -0.2) is 4.57 Å². The molecule has 0 radical (unpaired) electrons. The molecule has 0 aromatic heterocycles. The van der Waals surface area contributed by atoms with Crippen LogP contribution >= 0.6 is 7.82 Å². The van der Waals surface area contributed by atoms with Crippen LogP contribution in [0.5, 0.6) is 0 Å². The number of aliphatic hydroxyl groups excluding tert-OH is 1. The second kappa shape index (κ2) is 35.0. The van der Waals surface area contributed by atoms with Crippen LogP contribution in [-0.2, 0) is 23.1 Å². The van der Waals surface area contributed by atoms with Crippen molar-refractivity contribution in [3.63, 3.8) is 0 Å². The van der Waals surface area contributed by atoms with Crippen molar-refractivity contribution in [1.29, 1.82) is 0 Å². The van der Waals surface area contributed by atoms with Crippen LogP contribution in [0, 0.1) is 0 Å². The molecular formula is C42H75NO7P+. The molecule has 0 saturated carbocycles. The van der Waals surface area contributed by atoms with Crippen LogP contribution in [0.15, 0.2) is 72.9 Å². The number of hydrogen-bond donors (Lipinski definition) is 2. The van der Waals surface area contributed by atoms with Crippen molar-refractivity contribution >= 4 is 13.8 Å². The molecular weight excluding hydrogens is 661 g/mol. The van der Waals surface area contributed by atoms with Gasteiger partial charge in [-0.05, 0) is 57.8 Å². The number of nitrogens with zero attached hydrogens (tertiary/aromatic N) is 1. The normalized spacial score (nSPS) is 14.7. The number of carbonyl (C=O) groups excluding carboxylic acids is 1. The zero-order valence-corrected chi connectivity index (χ0v) is 33.7. The Morgan fingerprint density at radius 1 is 0.608 bits per heavy atom. The first kappa shape index (κ1) is 48.9. The molecule has 51 heavy (non-hydrogen) atoms. The molecule has 0 aliphatic carbocycles. The first-order chi connectivity index (χ1) is 24.6. The van der Waals surface area contributed by atoms with Gasteiger partial charge in [-0.3, -0.25) is 13.8 Å². The quantitative estimate of drug-likeness (QED) is 0.0219. The van der Waals surface area contributed by atoms with E-state index < -0.39 is 20.5 Å². The van der Waals surface area contributed by atoms with Crippen LogP contribution in [-0.4, -0.2) is 74.1 Å². The summed E-state index contributed by atoms with van der Waals surface area (Å²) >= 11 is 0. The van der Waals surface area contributed by atoms with Crippen LogP contribution in [0.1, 0.15) is 135 Å². The van der Waals surface area contributed by atoms with Crippen LogP contribution in [0.4, 0.5) is 0 Å². The van der Waals surface area contributed by atoms with Crippen LogP contribution in [0.3, 0.4) is 0 Å². The summed E-state index contributed by atoms with van der Waals surface area (Å²) in [5.41, 5.74) is 0. The van der Waals surface area contributed by atoms with Gasteiger partial charge < -0.3 is 19.2 Å². The van der Waals surface area contributed by atoms with Gasteiger partial charge in [-0.1, -0.05) is 144 Å². The number of phosphoric ester groups is 1. The first-order valence-corrected chi connectivity index (χ1v) is 21.2. The largest absolute Gasteiger partial charge is 0.472 e. The maximum Gasteiger partial charge on any atom is 0.472 e. The molecule has 0 aromatic rings. The maximum absolute atomic E-state index is 11.9. The van der Waals surface area contributed by atoms with Crippen LogP contribution < -0.4 is 0 Å². The van der Waals surface area contributed by atoms with Crippen LogP contribution in [0.25, 0.3) is 0 Å². The van der Waals surface area contributed by atoms with E-state index in [1.54, 1.807) is 0 Å². The third-order valence-corrected chi connectivity index (χ3v) is 8.97. The van der Waals surface area contributed by atoms with Crippen molar-refractivity contribution in [3.05, 3.63) is 72.9 Å². The SMILES string of the molecule is CC/C=C\C/C=C\C/C=C\C/C=C\C/C=C\C/C=C\CCCCCCCCCCCCCCC(=O)OCC(O)COP(=O)(O)OCC[N+](C)(C)C. The van der Waals surface area contributed by atoms with Crippen LogP contribution in [0.2, 0.25) is 0 Å². The van der Waals surface area contributed by atoms with Gasteiger partial charge >= 0.3 is 13.8 Å². The molecule has 0 heterocycles. The number of ether oxygens (including phenoxy) is 1. The summed E-state index contributed by atoms with van der Waals surface area (Å²) in [4.78, 5) is 21.6. The number of quaternary nitrogens is 1. The minimum absolute atomic E-state index is 0.0513. The van der Waals surface area contributed by atoms with E-state index in [4.69, 9.17) is 13.8 Å². The fourth-order valence-electron chi connectivity index (χ4n) is 4.90. The zero-order chi connectivity index (χ0) is 37.7. The lowest BCUT2D eigenvalue weighted by Crippen LogP contribution is -2.37. The lowest BCUT2D eigenvalue weighted by atomic mass is 10.0. The van der Waals surface area contributed by atoms with E-state index in [1.807, 2.05) is 21.1 Å². The Kier molecular flexibility index (Phi) is 33.6. The number of carbonyl (C=O) groups is 1. The molecule has 2 unspecified atom stereocenters. The van der Waals surface area contributed by atoms with E-state index in [0.29, 0.717) is 17.4 Å². The average molecular weight is 737 g/mol. The molecule has 0 amide bonds. The van der Waals surface area contributed by atoms with Gasteiger partial charge in [-0.15, -0.1) is 0 Å². The summed E-state index contributed by atoms with van der Waals surface area (Å²) in [6.45, 7) is 2.02. The number of esters is 1. The number of rotatable bonds is 35. The Bertz CT molecular complexity index is 1040. The highest BCUT2D eigenvalue weighted by Gasteiger charge is 2.24. The summed E-state index contributed by atoms with van der Waals surface area (Å²) in [5, 5.41) is 9.90. The summed E-state index contributed by atoms with van der Waals surface area (Å²) in [6.07, 6.45) is 47.9. The molecule has 294 valence electrons. The smallest absolute Gasteiger partial charge is 0.463 e. The lowest BCUT2D eigenvalue weighted by molar-refractivity contribution is -0.870.